The van der Waals surface area contributed by atoms with Crippen LogP contribution in [0.2, 0.25) is 0 Å². The molecular formula is C22H23N3O2S. The Morgan fingerprint density at radius 2 is 1.61 bits per heavy atom. The van der Waals surface area contributed by atoms with Gasteiger partial charge in [0.25, 0.3) is 11.1 Å². The lowest BCUT2D eigenvalue weighted by atomic mass is 10.1. The first-order valence-corrected chi connectivity index (χ1v) is 10.3. The SMILES string of the molecule is Cc1ccc(C=C2SC(=O)N(CN3CCN(c4ccccc4)CC3)C2=O)cc1. The van der Waals surface area contributed by atoms with Gasteiger partial charge in [0.05, 0.1) is 11.6 Å². The highest BCUT2D eigenvalue weighted by Crippen LogP contribution is 2.32. The first-order valence-electron chi connectivity index (χ1n) is 9.44. The van der Waals surface area contributed by atoms with Gasteiger partial charge in [0.1, 0.15) is 0 Å². The van der Waals surface area contributed by atoms with Crippen LogP contribution in [0.3, 0.4) is 0 Å². The summed E-state index contributed by atoms with van der Waals surface area (Å²) >= 11 is 1.03. The second-order valence-electron chi connectivity index (χ2n) is 7.10. The Hall–Kier alpha value is -2.57. The minimum Gasteiger partial charge on any atom is -0.369 e. The molecule has 2 aliphatic heterocycles. The van der Waals surface area contributed by atoms with Crippen molar-refractivity contribution in [1.29, 1.82) is 0 Å². The van der Waals surface area contributed by atoms with E-state index < -0.39 is 0 Å². The molecule has 6 heteroatoms. The van der Waals surface area contributed by atoms with Gasteiger partial charge in [0, 0.05) is 31.9 Å². The van der Waals surface area contributed by atoms with Crippen molar-refractivity contribution in [3.8, 4) is 0 Å². The quantitative estimate of drug-likeness (QED) is 0.739. The Morgan fingerprint density at radius 1 is 0.929 bits per heavy atom. The number of imide groups is 1. The fraction of sp³-hybridized carbons (Fsp3) is 0.273. The van der Waals surface area contributed by atoms with Crippen molar-refractivity contribution in [3.63, 3.8) is 0 Å². The van der Waals surface area contributed by atoms with Crippen LogP contribution in [0.15, 0.2) is 59.5 Å². The molecule has 28 heavy (non-hydrogen) atoms. The number of nitrogens with zero attached hydrogens (tertiary/aromatic N) is 3. The fourth-order valence-corrected chi connectivity index (χ4v) is 4.25. The number of carbonyl (C=O) groups is 2. The molecule has 144 valence electrons. The number of hydrogen-bond donors (Lipinski definition) is 0. The van der Waals surface area contributed by atoms with Crippen molar-refractivity contribution >= 4 is 34.7 Å². The number of piperazine rings is 1. The Morgan fingerprint density at radius 3 is 2.29 bits per heavy atom. The van der Waals surface area contributed by atoms with Crippen molar-refractivity contribution in [1.82, 2.24) is 9.80 Å². The van der Waals surface area contributed by atoms with Gasteiger partial charge in [-0.2, -0.15) is 0 Å². The highest BCUT2D eigenvalue weighted by Gasteiger charge is 2.36. The lowest BCUT2D eigenvalue weighted by Gasteiger charge is -2.37. The van der Waals surface area contributed by atoms with Crippen LogP contribution in [0.5, 0.6) is 0 Å². The van der Waals surface area contributed by atoms with Gasteiger partial charge in [-0.15, -0.1) is 0 Å². The van der Waals surface area contributed by atoms with Gasteiger partial charge in [0.15, 0.2) is 0 Å². The van der Waals surface area contributed by atoms with E-state index in [0.717, 1.165) is 43.5 Å². The molecule has 2 amide bonds. The zero-order chi connectivity index (χ0) is 19.5. The molecule has 0 aromatic heterocycles. The molecule has 2 saturated heterocycles. The molecule has 0 atom stereocenters. The van der Waals surface area contributed by atoms with Crippen molar-refractivity contribution in [3.05, 3.63) is 70.6 Å². The van der Waals surface area contributed by atoms with Crippen molar-refractivity contribution in [2.75, 3.05) is 37.7 Å². The Kier molecular flexibility index (Phi) is 5.50. The molecular weight excluding hydrogens is 370 g/mol. The number of para-hydroxylation sites is 1. The molecule has 2 aromatic carbocycles. The number of rotatable bonds is 4. The predicted octanol–water partition coefficient (Wildman–Crippen LogP) is 3.81. The lowest BCUT2D eigenvalue weighted by molar-refractivity contribution is -0.124. The number of anilines is 1. The number of thioether (sulfide) groups is 1. The number of carbonyl (C=O) groups excluding carboxylic acids is 2. The van der Waals surface area contributed by atoms with E-state index in [4.69, 9.17) is 0 Å². The molecule has 5 nitrogen and oxygen atoms in total. The van der Waals surface area contributed by atoms with E-state index in [2.05, 4.69) is 21.9 Å². The minimum atomic E-state index is -0.193. The van der Waals surface area contributed by atoms with Crippen molar-refractivity contribution in [2.45, 2.75) is 6.92 Å². The van der Waals surface area contributed by atoms with E-state index in [0.29, 0.717) is 11.6 Å². The van der Waals surface area contributed by atoms with Gasteiger partial charge in [-0.1, -0.05) is 48.0 Å². The standard InChI is InChI=1S/C22H23N3O2S/c1-17-7-9-18(10-8-17)15-20-21(26)25(22(27)28-20)16-23-11-13-24(14-12-23)19-5-3-2-4-6-19/h2-10,15H,11-14,16H2,1H3. The monoisotopic (exact) mass is 393 g/mol. The molecule has 2 aromatic rings. The van der Waals surface area contributed by atoms with E-state index in [-0.39, 0.29) is 11.1 Å². The van der Waals surface area contributed by atoms with Crippen LogP contribution < -0.4 is 4.90 Å². The summed E-state index contributed by atoms with van der Waals surface area (Å²) in [6.07, 6.45) is 1.80. The average Bonchev–Trinajstić information content (AvgIpc) is 2.98. The first-order chi connectivity index (χ1) is 13.6. The molecule has 0 radical (unpaired) electrons. The third-order valence-electron chi connectivity index (χ3n) is 5.08. The normalized spacial score (nSPS) is 19.7. The summed E-state index contributed by atoms with van der Waals surface area (Å²) < 4.78 is 0. The molecule has 0 spiro atoms. The minimum absolute atomic E-state index is 0.186. The van der Waals surface area contributed by atoms with E-state index in [9.17, 15) is 9.59 Å². The maximum atomic E-state index is 12.7. The fourth-order valence-electron chi connectivity index (χ4n) is 3.42. The van der Waals surface area contributed by atoms with E-state index in [1.54, 1.807) is 6.08 Å². The molecule has 0 aliphatic carbocycles. The Balaban J connectivity index is 1.37. The topological polar surface area (TPSA) is 43.9 Å². The summed E-state index contributed by atoms with van der Waals surface area (Å²) in [5, 5.41) is -0.186. The maximum Gasteiger partial charge on any atom is 0.294 e. The Bertz CT molecular complexity index is 888. The predicted molar refractivity (Wildman–Crippen MR) is 114 cm³/mol. The molecule has 2 heterocycles. The zero-order valence-electron chi connectivity index (χ0n) is 15.9. The van der Waals surface area contributed by atoms with Gasteiger partial charge in [-0.25, -0.2) is 0 Å². The molecule has 2 aliphatic rings. The van der Waals surface area contributed by atoms with Crippen LogP contribution in [-0.2, 0) is 4.79 Å². The van der Waals surface area contributed by atoms with Gasteiger partial charge >= 0.3 is 0 Å². The second-order valence-corrected chi connectivity index (χ2v) is 8.10. The summed E-state index contributed by atoms with van der Waals surface area (Å²) in [5.74, 6) is -0.193. The van der Waals surface area contributed by atoms with Crippen LogP contribution in [0.4, 0.5) is 10.5 Å². The molecule has 0 saturated carbocycles. The maximum absolute atomic E-state index is 12.7. The van der Waals surface area contributed by atoms with Crippen molar-refractivity contribution < 1.29 is 9.59 Å². The number of hydrogen-bond acceptors (Lipinski definition) is 5. The number of aryl methyl sites for hydroxylation is 1. The third kappa shape index (κ3) is 4.13. The van der Waals surface area contributed by atoms with E-state index >= 15 is 0 Å². The van der Waals surface area contributed by atoms with E-state index in [1.165, 1.54) is 16.2 Å². The first kappa shape index (κ1) is 18.8. The highest BCUT2D eigenvalue weighted by atomic mass is 32.2. The molecule has 0 N–H and O–H groups in total. The van der Waals surface area contributed by atoms with Crippen LogP contribution in [-0.4, -0.2) is 53.8 Å². The van der Waals surface area contributed by atoms with E-state index in [1.807, 2.05) is 49.4 Å². The van der Waals surface area contributed by atoms with Crippen LogP contribution >= 0.6 is 11.8 Å². The van der Waals surface area contributed by atoms with Gasteiger partial charge in [0.2, 0.25) is 0 Å². The van der Waals surface area contributed by atoms with Gasteiger partial charge in [-0.3, -0.25) is 19.4 Å². The number of amides is 2. The third-order valence-corrected chi connectivity index (χ3v) is 5.99. The summed E-state index contributed by atoms with van der Waals surface area (Å²) in [6, 6.07) is 18.3. The lowest BCUT2D eigenvalue weighted by Crippen LogP contribution is -2.50. The summed E-state index contributed by atoms with van der Waals surface area (Å²) in [4.78, 5) is 31.5. The van der Waals surface area contributed by atoms with Gasteiger partial charge in [-0.05, 0) is 42.5 Å². The largest absolute Gasteiger partial charge is 0.369 e. The summed E-state index contributed by atoms with van der Waals surface area (Å²) in [6.45, 7) is 5.81. The average molecular weight is 394 g/mol. The van der Waals surface area contributed by atoms with Crippen LogP contribution in [0, 0.1) is 6.92 Å². The van der Waals surface area contributed by atoms with Crippen molar-refractivity contribution in [2.24, 2.45) is 0 Å². The number of benzene rings is 2. The Labute approximate surface area is 169 Å². The molecule has 2 fully saturated rings. The molecule has 0 bridgehead atoms. The highest BCUT2D eigenvalue weighted by molar-refractivity contribution is 8.18. The van der Waals surface area contributed by atoms with Crippen LogP contribution in [0.1, 0.15) is 11.1 Å². The van der Waals surface area contributed by atoms with Crippen LogP contribution in [0.25, 0.3) is 6.08 Å². The smallest absolute Gasteiger partial charge is 0.294 e. The summed E-state index contributed by atoms with van der Waals surface area (Å²) in [5.41, 5.74) is 3.32. The summed E-state index contributed by atoms with van der Waals surface area (Å²) in [7, 11) is 0. The van der Waals surface area contributed by atoms with Gasteiger partial charge < -0.3 is 4.90 Å². The molecule has 0 unspecified atom stereocenters. The second kappa shape index (κ2) is 8.20. The zero-order valence-corrected chi connectivity index (χ0v) is 16.7. The molecule has 4 rings (SSSR count).